The second kappa shape index (κ2) is 13.0. The summed E-state index contributed by atoms with van der Waals surface area (Å²) in [5.41, 5.74) is 14.6. The summed E-state index contributed by atoms with van der Waals surface area (Å²) >= 11 is 0. The Labute approximate surface area is 252 Å². The van der Waals surface area contributed by atoms with Crippen molar-refractivity contribution in [3.05, 3.63) is 52.7 Å². The van der Waals surface area contributed by atoms with Crippen LogP contribution < -0.4 is 15.6 Å². The molecule has 1 saturated heterocycles. The van der Waals surface area contributed by atoms with Crippen molar-refractivity contribution in [3.8, 4) is 5.88 Å². The van der Waals surface area contributed by atoms with Crippen molar-refractivity contribution in [2.75, 3.05) is 25.6 Å². The van der Waals surface area contributed by atoms with E-state index in [1.165, 1.54) is 17.8 Å². The van der Waals surface area contributed by atoms with E-state index in [2.05, 4.69) is 30.1 Å². The number of aliphatic hydroxyl groups is 1. The highest BCUT2D eigenvalue weighted by molar-refractivity contribution is 7.51. The molecule has 4 N–H and O–H groups in total. The van der Waals surface area contributed by atoms with Crippen LogP contribution in [0.15, 0.2) is 41.8 Å². The highest BCUT2D eigenvalue weighted by atomic mass is 31.2. The first-order valence-electron chi connectivity index (χ1n) is 14.1. The topological polar surface area (TPSA) is 231 Å². The molecule has 44 heavy (non-hydrogen) atoms. The summed E-state index contributed by atoms with van der Waals surface area (Å²) in [6.07, 6.45) is -2.29. The lowest BCUT2D eigenvalue weighted by atomic mass is 9.93. The number of ether oxygens (including phenoxy) is 3. The van der Waals surface area contributed by atoms with Crippen LogP contribution in [0.3, 0.4) is 0 Å². The smallest absolute Gasteiger partial charge is 0.407 e. The van der Waals surface area contributed by atoms with E-state index in [-0.39, 0.29) is 35.6 Å². The average molecular weight is 632 g/mol. The van der Waals surface area contributed by atoms with Crippen LogP contribution in [-0.4, -0.2) is 74.2 Å². The van der Waals surface area contributed by atoms with E-state index in [9.17, 15) is 20.0 Å². The van der Waals surface area contributed by atoms with Gasteiger partial charge >= 0.3 is 13.7 Å². The molecule has 236 valence electrons. The van der Waals surface area contributed by atoms with Gasteiger partial charge in [-0.2, -0.15) is 9.97 Å². The summed E-state index contributed by atoms with van der Waals surface area (Å²) < 4.78 is 44.1. The Balaban J connectivity index is 1.42. The SMILES string of the molecule is CCOC(=O)[C@@H](O[P@@](=O)(NC1CC1)OC[C@H]1O[C@@H](n2cnc3c(OCC)nc(N)nc32)[C@](C)(N=[N+]=[N-])[C@@H]1O)c1ccccc1. The zero-order chi connectivity index (χ0) is 31.5. The Morgan fingerprint density at radius 2 is 2.07 bits per heavy atom. The molecular formula is C26H34N9O8P. The number of hydrogen-bond donors (Lipinski definition) is 3. The third-order valence-corrected chi connectivity index (χ3v) is 8.79. The van der Waals surface area contributed by atoms with Crippen LogP contribution in [0.1, 0.15) is 51.5 Å². The van der Waals surface area contributed by atoms with E-state index >= 15 is 0 Å². The van der Waals surface area contributed by atoms with Gasteiger partial charge in [-0.1, -0.05) is 35.4 Å². The molecule has 2 aliphatic rings. The van der Waals surface area contributed by atoms with Crippen LogP contribution in [0.25, 0.3) is 21.6 Å². The summed E-state index contributed by atoms with van der Waals surface area (Å²) in [5.74, 6) is -0.685. The maximum Gasteiger partial charge on any atom is 0.407 e. The summed E-state index contributed by atoms with van der Waals surface area (Å²) in [6, 6.07) is 8.32. The lowest BCUT2D eigenvalue weighted by Crippen LogP contribution is -2.42. The number of carbonyl (C=O) groups excluding carboxylic acids is 1. The molecule has 1 aliphatic heterocycles. The molecule has 0 bridgehead atoms. The summed E-state index contributed by atoms with van der Waals surface area (Å²) in [6.45, 7) is 4.83. The number of carbonyl (C=O) groups is 1. The monoisotopic (exact) mass is 631 g/mol. The van der Waals surface area contributed by atoms with E-state index < -0.39 is 50.4 Å². The van der Waals surface area contributed by atoms with Crippen LogP contribution in [0.2, 0.25) is 0 Å². The molecule has 0 amide bonds. The Bertz CT molecular complexity index is 1580. The average Bonchev–Trinajstić information content (AvgIpc) is 3.65. The molecule has 2 aromatic heterocycles. The quantitative estimate of drug-likeness (QED) is 0.0763. The van der Waals surface area contributed by atoms with Gasteiger partial charge < -0.3 is 25.1 Å². The fraction of sp³-hybridized carbons (Fsp3) is 0.538. The van der Waals surface area contributed by atoms with Crippen molar-refractivity contribution < 1.29 is 37.7 Å². The van der Waals surface area contributed by atoms with Gasteiger partial charge in [0, 0.05) is 11.0 Å². The molecule has 0 unspecified atom stereocenters. The van der Waals surface area contributed by atoms with Gasteiger partial charge in [-0.3, -0.25) is 13.6 Å². The molecule has 3 heterocycles. The van der Waals surface area contributed by atoms with Gasteiger partial charge in [0.15, 0.2) is 23.5 Å². The molecule has 2 fully saturated rings. The van der Waals surface area contributed by atoms with Gasteiger partial charge in [0.05, 0.1) is 32.3 Å². The van der Waals surface area contributed by atoms with Crippen LogP contribution in [0.4, 0.5) is 5.95 Å². The molecule has 18 heteroatoms. The number of hydrogen-bond acceptors (Lipinski definition) is 13. The zero-order valence-electron chi connectivity index (χ0n) is 24.3. The van der Waals surface area contributed by atoms with Gasteiger partial charge in [-0.05, 0) is 44.7 Å². The number of nitrogens with zero attached hydrogens (tertiary/aromatic N) is 7. The molecular weight excluding hydrogens is 597 g/mol. The van der Waals surface area contributed by atoms with Crippen LogP contribution in [-0.2, 0) is 27.9 Å². The van der Waals surface area contributed by atoms with Crippen molar-refractivity contribution in [2.45, 2.75) is 69.7 Å². The van der Waals surface area contributed by atoms with Crippen LogP contribution in [0, 0.1) is 0 Å². The van der Waals surface area contributed by atoms with E-state index in [0.717, 1.165) is 12.8 Å². The molecule has 1 saturated carbocycles. The highest BCUT2D eigenvalue weighted by Crippen LogP contribution is 2.52. The Hall–Kier alpha value is -3.82. The van der Waals surface area contributed by atoms with Crippen molar-refractivity contribution in [1.82, 2.24) is 24.6 Å². The maximum atomic E-state index is 14.1. The van der Waals surface area contributed by atoms with E-state index in [0.29, 0.717) is 12.2 Å². The normalized spacial score (nSPS) is 25.2. The van der Waals surface area contributed by atoms with E-state index in [1.807, 2.05) is 0 Å². The number of nitrogens with two attached hydrogens (primary N) is 1. The Morgan fingerprint density at radius 3 is 2.73 bits per heavy atom. The summed E-state index contributed by atoms with van der Waals surface area (Å²) in [7, 11) is -4.21. The third-order valence-electron chi connectivity index (χ3n) is 7.13. The molecule has 6 atom stereocenters. The number of nitrogens with one attached hydrogen (secondary N) is 1. The minimum absolute atomic E-state index is 0.0831. The lowest BCUT2D eigenvalue weighted by molar-refractivity contribution is -0.152. The van der Waals surface area contributed by atoms with E-state index in [4.69, 9.17) is 29.0 Å². The summed E-state index contributed by atoms with van der Waals surface area (Å²) in [4.78, 5) is 28.5. The first kappa shape index (κ1) is 31.6. The number of anilines is 1. The third kappa shape index (κ3) is 6.49. The molecule has 17 nitrogen and oxygen atoms in total. The Kier molecular flexibility index (Phi) is 9.37. The van der Waals surface area contributed by atoms with Crippen LogP contribution in [0.5, 0.6) is 5.88 Å². The fourth-order valence-electron chi connectivity index (χ4n) is 4.83. The minimum Gasteiger partial charge on any atom is -0.476 e. The van der Waals surface area contributed by atoms with Gasteiger partial charge in [0.2, 0.25) is 11.8 Å². The number of aliphatic hydroxyl groups excluding tert-OH is 1. The van der Waals surface area contributed by atoms with Crippen molar-refractivity contribution in [3.63, 3.8) is 0 Å². The number of rotatable bonds is 14. The summed E-state index contributed by atoms with van der Waals surface area (Å²) in [5, 5.41) is 18.1. The fourth-order valence-corrected chi connectivity index (χ4v) is 6.56. The van der Waals surface area contributed by atoms with Gasteiger partial charge in [-0.25, -0.2) is 19.4 Å². The van der Waals surface area contributed by atoms with Gasteiger partial charge in [-0.15, -0.1) is 0 Å². The number of nitrogen functional groups attached to an aromatic ring is 1. The number of fused-ring (bicyclic) bond motifs is 1. The first-order chi connectivity index (χ1) is 21.1. The number of esters is 1. The number of benzene rings is 1. The number of aromatic nitrogens is 4. The zero-order valence-corrected chi connectivity index (χ0v) is 25.2. The number of imidazole rings is 1. The largest absolute Gasteiger partial charge is 0.476 e. The van der Waals surface area contributed by atoms with Crippen molar-refractivity contribution in [2.24, 2.45) is 5.11 Å². The second-order valence-electron chi connectivity index (χ2n) is 10.4. The van der Waals surface area contributed by atoms with Gasteiger partial charge in [0.1, 0.15) is 11.6 Å². The van der Waals surface area contributed by atoms with Crippen molar-refractivity contribution >= 4 is 30.8 Å². The predicted octanol–water partition coefficient (Wildman–Crippen LogP) is 3.33. The number of azide groups is 1. The molecule has 5 rings (SSSR count). The highest BCUT2D eigenvalue weighted by Gasteiger charge is 2.55. The van der Waals surface area contributed by atoms with Crippen LogP contribution >= 0.6 is 7.75 Å². The molecule has 0 radical (unpaired) electrons. The van der Waals surface area contributed by atoms with Gasteiger partial charge in [0.25, 0.3) is 0 Å². The molecule has 0 spiro atoms. The Morgan fingerprint density at radius 1 is 1.32 bits per heavy atom. The minimum atomic E-state index is -4.21. The molecule has 1 aromatic carbocycles. The van der Waals surface area contributed by atoms with Crippen molar-refractivity contribution in [1.29, 1.82) is 0 Å². The lowest BCUT2D eigenvalue weighted by Gasteiger charge is -2.28. The van der Waals surface area contributed by atoms with E-state index in [1.54, 1.807) is 44.2 Å². The predicted molar refractivity (Wildman–Crippen MR) is 155 cm³/mol. The first-order valence-corrected chi connectivity index (χ1v) is 15.6. The second-order valence-corrected chi connectivity index (χ2v) is 12.1. The molecule has 3 aromatic rings. The molecule has 1 aliphatic carbocycles. The standard InChI is InChI=1S/C26H34N9O8P/c1-4-39-22-18-21(30-25(27)31-22)35(14-29-18)24-26(3,33-34-28)20(36)17(42-24)13-41-44(38,32-16-11-12-16)43-19(23(37)40-5-2)15-9-7-6-8-10-15/h6-10,14,16-17,19-20,24,36H,4-5,11-13H2,1-3H3,(H,32,38)(H2,27,30,31)/t17-,19+,20-,24-,26-,44-/m1/s1. The maximum absolute atomic E-state index is 14.1.